The molecule has 1 amide bonds. The van der Waals surface area contributed by atoms with E-state index in [1.807, 2.05) is 23.1 Å². The van der Waals surface area contributed by atoms with Crippen molar-refractivity contribution in [1.82, 2.24) is 19.2 Å². The SMILES string of the molecule is CCCN1CCCC2(CCN(Cc3cc(=O)n4ccccc4n3)C2)C1=O. The number of hydrogen-bond donors (Lipinski definition) is 0. The lowest BCUT2D eigenvalue weighted by Gasteiger charge is -2.39. The maximum absolute atomic E-state index is 13.0. The van der Waals surface area contributed by atoms with Crippen LogP contribution in [0.2, 0.25) is 0 Å². The van der Waals surface area contributed by atoms with E-state index in [1.54, 1.807) is 16.7 Å². The first-order chi connectivity index (χ1) is 12.6. The predicted molar refractivity (Wildman–Crippen MR) is 99.9 cm³/mol. The highest BCUT2D eigenvalue weighted by molar-refractivity contribution is 5.84. The first-order valence-corrected chi connectivity index (χ1v) is 9.60. The smallest absolute Gasteiger partial charge is 0.258 e. The average Bonchev–Trinajstić information content (AvgIpc) is 3.03. The Morgan fingerprint density at radius 2 is 2.08 bits per heavy atom. The molecule has 2 aliphatic heterocycles. The second kappa shape index (κ2) is 6.83. The zero-order chi connectivity index (χ0) is 18.1. The van der Waals surface area contributed by atoms with Gasteiger partial charge in [-0.25, -0.2) is 4.98 Å². The van der Waals surface area contributed by atoms with E-state index in [1.165, 1.54) is 0 Å². The molecular formula is C20H26N4O2. The predicted octanol–water partition coefficient (Wildman–Crippen LogP) is 1.92. The van der Waals surface area contributed by atoms with Gasteiger partial charge in [0.1, 0.15) is 5.65 Å². The maximum Gasteiger partial charge on any atom is 0.258 e. The number of carbonyl (C=O) groups is 1. The van der Waals surface area contributed by atoms with Crippen molar-refractivity contribution >= 4 is 11.6 Å². The van der Waals surface area contributed by atoms with Crippen LogP contribution in [0.3, 0.4) is 0 Å². The zero-order valence-electron chi connectivity index (χ0n) is 15.4. The highest BCUT2D eigenvalue weighted by Crippen LogP contribution is 2.40. The van der Waals surface area contributed by atoms with E-state index < -0.39 is 0 Å². The molecule has 0 saturated carbocycles. The Kier molecular flexibility index (Phi) is 4.53. The monoisotopic (exact) mass is 354 g/mol. The van der Waals surface area contributed by atoms with E-state index in [-0.39, 0.29) is 11.0 Å². The van der Waals surface area contributed by atoms with Crippen LogP contribution in [0.4, 0.5) is 0 Å². The van der Waals surface area contributed by atoms with Gasteiger partial charge < -0.3 is 4.90 Å². The van der Waals surface area contributed by atoms with E-state index in [0.29, 0.717) is 18.1 Å². The zero-order valence-corrected chi connectivity index (χ0v) is 15.4. The lowest BCUT2D eigenvalue weighted by atomic mass is 9.78. The second-order valence-electron chi connectivity index (χ2n) is 7.65. The molecule has 6 heteroatoms. The Balaban J connectivity index is 1.51. The van der Waals surface area contributed by atoms with Gasteiger partial charge in [0.05, 0.1) is 11.1 Å². The number of fused-ring (bicyclic) bond motifs is 1. The summed E-state index contributed by atoms with van der Waals surface area (Å²) < 4.78 is 1.56. The number of likely N-dealkylation sites (tertiary alicyclic amines) is 2. The molecule has 1 unspecified atom stereocenters. The lowest BCUT2D eigenvalue weighted by molar-refractivity contribution is -0.145. The van der Waals surface area contributed by atoms with Gasteiger partial charge in [0.15, 0.2) is 0 Å². The largest absolute Gasteiger partial charge is 0.342 e. The summed E-state index contributed by atoms with van der Waals surface area (Å²) in [4.78, 5) is 34.2. The van der Waals surface area contributed by atoms with E-state index >= 15 is 0 Å². The Bertz CT molecular complexity index is 875. The molecule has 0 aromatic carbocycles. The third-order valence-electron chi connectivity index (χ3n) is 5.76. The van der Waals surface area contributed by atoms with Crippen LogP contribution in [0, 0.1) is 5.41 Å². The van der Waals surface area contributed by atoms with Crippen molar-refractivity contribution in [1.29, 1.82) is 0 Å². The fourth-order valence-electron chi connectivity index (χ4n) is 4.52. The first kappa shape index (κ1) is 17.2. The molecule has 2 fully saturated rings. The minimum Gasteiger partial charge on any atom is -0.342 e. The van der Waals surface area contributed by atoms with Crippen LogP contribution in [0.1, 0.15) is 38.3 Å². The third-order valence-corrected chi connectivity index (χ3v) is 5.76. The average molecular weight is 354 g/mol. The van der Waals surface area contributed by atoms with Gasteiger partial charge in [-0.3, -0.25) is 18.9 Å². The van der Waals surface area contributed by atoms with Crippen LogP contribution in [0.15, 0.2) is 35.3 Å². The van der Waals surface area contributed by atoms with Gasteiger partial charge in [-0.05, 0) is 44.4 Å². The fraction of sp³-hybridized carbons (Fsp3) is 0.550. The Morgan fingerprint density at radius 3 is 2.92 bits per heavy atom. The quantitative estimate of drug-likeness (QED) is 0.842. The highest BCUT2D eigenvalue weighted by atomic mass is 16.2. The summed E-state index contributed by atoms with van der Waals surface area (Å²) in [6, 6.07) is 7.18. The molecule has 138 valence electrons. The molecule has 0 N–H and O–H groups in total. The minimum atomic E-state index is -0.223. The van der Waals surface area contributed by atoms with E-state index in [0.717, 1.165) is 57.6 Å². The van der Waals surface area contributed by atoms with Gasteiger partial charge >= 0.3 is 0 Å². The lowest BCUT2D eigenvalue weighted by Crippen LogP contribution is -2.50. The van der Waals surface area contributed by atoms with Crippen molar-refractivity contribution in [3.63, 3.8) is 0 Å². The Hall–Kier alpha value is -2.21. The topological polar surface area (TPSA) is 57.9 Å². The van der Waals surface area contributed by atoms with E-state index in [9.17, 15) is 9.59 Å². The van der Waals surface area contributed by atoms with Crippen molar-refractivity contribution in [3.05, 3.63) is 46.5 Å². The van der Waals surface area contributed by atoms with Crippen LogP contribution >= 0.6 is 0 Å². The summed E-state index contributed by atoms with van der Waals surface area (Å²) in [5.74, 6) is 0.333. The van der Waals surface area contributed by atoms with E-state index in [2.05, 4.69) is 16.8 Å². The number of pyridine rings is 1. The minimum absolute atomic E-state index is 0.0534. The van der Waals surface area contributed by atoms with Gasteiger partial charge in [0.25, 0.3) is 5.56 Å². The molecular weight excluding hydrogens is 328 g/mol. The fourth-order valence-corrected chi connectivity index (χ4v) is 4.52. The molecule has 0 radical (unpaired) electrons. The molecule has 0 bridgehead atoms. The second-order valence-corrected chi connectivity index (χ2v) is 7.65. The molecule has 2 aliphatic rings. The molecule has 1 atom stereocenters. The standard InChI is InChI=1S/C20H26N4O2/c1-2-9-23-10-5-7-20(19(23)26)8-12-22(15-20)14-16-13-18(25)24-11-4-3-6-17(24)21-16/h3-4,6,11,13H,2,5,7-10,12,14-15H2,1H3. The molecule has 4 heterocycles. The summed E-state index contributed by atoms with van der Waals surface area (Å²) in [6.07, 6.45) is 5.74. The number of aromatic nitrogens is 2. The summed E-state index contributed by atoms with van der Waals surface area (Å²) in [6.45, 7) is 6.19. The molecule has 2 saturated heterocycles. The van der Waals surface area contributed by atoms with Crippen LogP contribution in [-0.4, -0.2) is 51.3 Å². The number of hydrogen-bond acceptors (Lipinski definition) is 4. The van der Waals surface area contributed by atoms with Crippen molar-refractivity contribution in [3.8, 4) is 0 Å². The van der Waals surface area contributed by atoms with E-state index in [4.69, 9.17) is 0 Å². The number of nitrogens with zero attached hydrogens (tertiary/aromatic N) is 4. The van der Waals surface area contributed by atoms with Crippen molar-refractivity contribution < 1.29 is 4.79 Å². The number of piperidine rings is 1. The molecule has 26 heavy (non-hydrogen) atoms. The van der Waals surface area contributed by atoms with Crippen molar-refractivity contribution in [2.75, 3.05) is 26.2 Å². The summed E-state index contributed by atoms with van der Waals surface area (Å²) in [5, 5.41) is 0. The van der Waals surface area contributed by atoms with Crippen LogP contribution < -0.4 is 5.56 Å². The maximum atomic E-state index is 13.0. The van der Waals surface area contributed by atoms with Gasteiger partial charge in [-0.2, -0.15) is 0 Å². The third kappa shape index (κ3) is 3.03. The molecule has 2 aromatic rings. The molecule has 6 nitrogen and oxygen atoms in total. The molecule has 0 aliphatic carbocycles. The first-order valence-electron chi connectivity index (χ1n) is 9.60. The number of amides is 1. The van der Waals surface area contributed by atoms with Crippen molar-refractivity contribution in [2.24, 2.45) is 5.41 Å². The van der Waals surface area contributed by atoms with Gasteiger partial charge in [0, 0.05) is 38.4 Å². The number of rotatable bonds is 4. The van der Waals surface area contributed by atoms with Gasteiger partial charge in [0.2, 0.25) is 5.91 Å². The molecule has 4 rings (SSSR count). The summed E-state index contributed by atoms with van der Waals surface area (Å²) in [5.41, 5.74) is 1.18. The Labute approximate surface area is 153 Å². The van der Waals surface area contributed by atoms with Crippen molar-refractivity contribution in [2.45, 2.75) is 39.2 Å². The highest BCUT2D eigenvalue weighted by Gasteiger charge is 2.47. The van der Waals surface area contributed by atoms with Crippen LogP contribution in [0.25, 0.3) is 5.65 Å². The van der Waals surface area contributed by atoms with Gasteiger partial charge in [-0.1, -0.05) is 13.0 Å². The summed E-state index contributed by atoms with van der Waals surface area (Å²) >= 11 is 0. The molecule has 1 spiro atoms. The van der Waals surface area contributed by atoms with Gasteiger partial charge in [-0.15, -0.1) is 0 Å². The Morgan fingerprint density at radius 1 is 1.19 bits per heavy atom. The normalized spacial score (nSPS) is 24.0. The number of carbonyl (C=O) groups excluding carboxylic acids is 1. The van der Waals surface area contributed by atoms with Crippen LogP contribution in [0.5, 0.6) is 0 Å². The van der Waals surface area contributed by atoms with Crippen LogP contribution in [-0.2, 0) is 11.3 Å². The summed E-state index contributed by atoms with van der Waals surface area (Å²) in [7, 11) is 0. The molecule has 2 aromatic heterocycles.